The molecular weight excluding hydrogens is 258 g/mol. The van der Waals surface area contributed by atoms with E-state index in [9.17, 15) is 24.3 Å². The zero-order valence-electron chi connectivity index (χ0n) is 9.64. The van der Waals surface area contributed by atoms with Crippen LogP contribution in [0, 0.1) is 0 Å². The van der Waals surface area contributed by atoms with Crippen molar-refractivity contribution in [2.45, 2.75) is 5.92 Å². The van der Waals surface area contributed by atoms with Crippen molar-refractivity contribution in [1.29, 1.82) is 0 Å². The van der Waals surface area contributed by atoms with E-state index in [4.69, 9.17) is 5.73 Å². The molecule has 0 saturated heterocycles. The minimum atomic E-state index is -1.53. The molecule has 19 heavy (non-hydrogen) atoms. The number of ether oxygens (including phenoxy) is 1. The van der Waals surface area contributed by atoms with Gasteiger partial charge in [0.1, 0.15) is 5.56 Å². The second-order valence-electron chi connectivity index (χ2n) is 3.78. The zero-order chi connectivity index (χ0) is 14.3. The number of hydrogen-bond acceptors (Lipinski definition) is 6. The van der Waals surface area contributed by atoms with Gasteiger partial charge in [0.25, 0.3) is 5.91 Å². The number of nitrogens with two attached hydrogens (primary N) is 1. The number of hydrogen-bond donors (Lipinski definition) is 4. The number of aromatic amines is 1. The van der Waals surface area contributed by atoms with Crippen LogP contribution < -0.4 is 21.2 Å². The minimum Gasteiger partial charge on any atom is -0.500 e. The van der Waals surface area contributed by atoms with Crippen LogP contribution in [-0.2, 0) is 9.59 Å². The van der Waals surface area contributed by atoms with Gasteiger partial charge in [0.2, 0.25) is 28.9 Å². The Labute approximate surface area is 105 Å². The van der Waals surface area contributed by atoms with E-state index in [0.29, 0.717) is 0 Å². The number of carbonyl (C=O) groups excluding carboxylic acids is 3. The molecule has 1 aromatic rings. The number of methoxy groups -OCH3 is 1. The topological polar surface area (TPSA) is 152 Å². The fraction of sp³-hybridized carbons (Fsp3) is 0.200. The van der Waals surface area contributed by atoms with Crippen LogP contribution in [0.15, 0.2) is 4.79 Å². The van der Waals surface area contributed by atoms with E-state index < -0.39 is 40.4 Å². The lowest BCUT2D eigenvalue weighted by Gasteiger charge is -2.22. The second-order valence-corrected chi connectivity index (χ2v) is 3.78. The van der Waals surface area contributed by atoms with Crippen molar-refractivity contribution >= 4 is 17.7 Å². The third-order valence-corrected chi connectivity index (χ3v) is 2.68. The van der Waals surface area contributed by atoms with Gasteiger partial charge in [0, 0.05) is 0 Å². The van der Waals surface area contributed by atoms with Crippen LogP contribution in [0.25, 0.3) is 0 Å². The molecule has 1 unspecified atom stereocenters. The number of nitrogens with one attached hydrogen (secondary N) is 2. The van der Waals surface area contributed by atoms with Gasteiger partial charge in [0.05, 0.1) is 12.8 Å². The molecule has 2 rings (SSSR count). The summed E-state index contributed by atoms with van der Waals surface area (Å²) in [4.78, 5) is 48.5. The van der Waals surface area contributed by atoms with E-state index in [-0.39, 0.29) is 11.6 Å². The van der Waals surface area contributed by atoms with E-state index in [1.807, 2.05) is 5.32 Å². The third kappa shape index (κ3) is 1.71. The zero-order valence-corrected chi connectivity index (χ0v) is 9.64. The van der Waals surface area contributed by atoms with E-state index >= 15 is 0 Å². The van der Waals surface area contributed by atoms with Crippen molar-refractivity contribution < 1.29 is 24.2 Å². The summed E-state index contributed by atoms with van der Waals surface area (Å²) in [6.45, 7) is 0. The molecule has 0 saturated carbocycles. The van der Waals surface area contributed by atoms with Crippen LogP contribution in [0.3, 0.4) is 0 Å². The lowest BCUT2D eigenvalue weighted by molar-refractivity contribution is -0.129. The van der Waals surface area contributed by atoms with Crippen molar-refractivity contribution in [3.63, 3.8) is 0 Å². The Morgan fingerprint density at radius 1 is 1.37 bits per heavy atom. The molecule has 1 aliphatic heterocycles. The quantitative estimate of drug-likeness (QED) is 0.357. The summed E-state index contributed by atoms with van der Waals surface area (Å²) in [6, 6.07) is 0. The summed E-state index contributed by atoms with van der Waals surface area (Å²) in [5.41, 5.74) is 3.18. The summed E-state index contributed by atoms with van der Waals surface area (Å²) < 4.78 is 4.69. The number of imide groups is 1. The minimum absolute atomic E-state index is 0.291. The van der Waals surface area contributed by atoms with Gasteiger partial charge in [0.15, 0.2) is 5.92 Å². The van der Waals surface area contributed by atoms with Crippen molar-refractivity contribution in [2.24, 2.45) is 5.73 Å². The smallest absolute Gasteiger partial charge is 0.263 e. The Bertz CT molecular complexity index is 662. The monoisotopic (exact) mass is 267 g/mol. The van der Waals surface area contributed by atoms with Crippen LogP contribution >= 0.6 is 0 Å². The van der Waals surface area contributed by atoms with Crippen molar-refractivity contribution in [3.8, 4) is 11.6 Å². The number of pyridine rings is 1. The number of fused-ring (bicyclic) bond motifs is 1. The average molecular weight is 267 g/mol. The highest BCUT2D eigenvalue weighted by Crippen LogP contribution is 2.27. The van der Waals surface area contributed by atoms with E-state index in [1.165, 1.54) is 0 Å². The van der Waals surface area contributed by atoms with E-state index in [2.05, 4.69) is 9.72 Å². The fourth-order valence-electron chi connectivity index (χ4n) is 1.83. The van der Waals surface area contributed by atoms with Crippen LogP contribution in [0.2, 0.25) is 0 Å². The first-order valence-corrected chi connectivity index (χ1v) is 5.06. The van der Waals surface area contributed by atoms with Gasteiger partial charge in [-0.3, -0.25) is 24.5 Å². The number of rotatable bonds is 2. The van der Waals surface area contributed by atoms with Gasteiger partial charge in [-0.25, -0.2) is 0 Å². The summed E-state index contributed by atoms with van der Waals surface area (Å²) in [6.07, 6.45) is 0. The molecule has 1 aromatic heterocycles. The molecule has 9 nitrogen and oxygen atoms in total. The standard InChI is InChI=1S/C10H9N3O6/c1-19-10-6(15)5(14)2-4(12-10)3(7(11)16)9(18)13-8(2)17/h3,15H,1H3,(H2,11,16)(H,12,14)(H,13,17,18). The number of amides is 3. The first-order valence-electron chi connectivity index (χ1n) is 5.06. The Morgan fingerprint density at radius 3 is 2.53 bits per heavy atom. The molecule has 100 valence electrons. The van der Waals surface area contributed by atoms with Crippen LogP contribution in [0.4, 0.5) is 0 Å². The van der Waals surface area contributed by atoms with E-state index in [0.717, 1.165) is 7.11 Å². The third-order valence-electron chi connectivity index (χ3n) is 2.68. The summed E-state index contributed by atoms with van der Waals surface area (Å²) in [5.74, 6) is -5.74. The SMILES string of the molecule is COc1[nH]c2c(c(=O)c1O)C(=O)NC(=O)C2C(N)=O. The van der Waals surface area contributed by atoms with Gasteiger partial charge in [-0.2, -0.15) is 0 Å². The maximum absolute atomic E-state index is 11.8. The highest BCUT2D eigenvalue weighted by molar-refractivity contribution is 6.18. The van der Waals surface area contributed by atoms with E-state index in [1.54, 1.807) is 0 Å². The lowest BCUT2D eigenvalue weighted by Crippen LogP contribution is -2.48. The highest BCUT2D eigenvalue weighted by atomic mass is 16.5. The molecule has 0 radical (unpaired) electrons. The highest BCUT2D eigenvalue weighted by Gasteiger charge is 2.40. The number of carbonyl (C=O) groups is 3. The Kier molecular flexibility index (Phi) is 2.74. The van der Waals surface area contributed by atoms with Crippen LogP contribution in [0.1, 0.15) is 22.0 Å². The molecule has 9 heteroatoms. The molecule has 0 spiro atoms. The average Bonchev–Trinajstić information content (AvgIpc) is 2.32. The number of primary amides is 1. The summed E-state index contributed by atoms with van der Waals surface area (Å²) in [7, 11) is 1.15. The molecule has 3 amide bonds. The largest absolute Gasteiger partial charge is 0.500 e. The normalized spacial score (nSPS) is 17.6. The van der Waals surface area contributed by atoms with Gasteiger partial charge in [-0.15, -0.1) is 0 Å². The predicted octanol–water partition coefficient (Wildman–Crippen LogP) is -2.07. The number of aromatic hydroxyl groups is 1. The first kappa shape index (κ1) is 12.6. The number of aromatic nitrogens is 1. The number of H-pyrrole nitrogens is 1. The molecule has 0 aromatic carbocycles. The van der Waals surface area contributed by atoms with Gasteiger partial charge in [-0.1, -0.05) is 0 Å². The van der Waals surface area contributed by atoms with Crippen molar-refractivity contribution in [3.05, 3.63) is 21.5 Å². The van der Waals surface area contributed by atoms with Crippen molar-refractivity contribution in [1.82, 2.24) is 10.3 Å². The first-order chi connectivity index (χ1) is 8.88. The van der Waals surface area contributed by atoms with Crippen molar-refractivity contribution in [2.75, 3.05) is 7.11 Å². The maximum atomic E-state index is 11.8. The Balaban J connectivity index is 2.83. The Morgan fingerprint density at radius 2 is 2.00 bits per heavy atom. The molecule has 2 heterocycles. The molecule has 1 aliphatic rings. The molecule has 0 aliphatic carbocycles. The molecule has 0 fully saturated rings. The summed E-state index contributed by atoms with van der Waals surface area (Å²) >= 11 is 0. The predicted molar refractivity (Wildman–Crippen MR) is 59.7 cm³/mol. The molecule has 0 bridgehead atoms. The Hall–Kier alpha value is -2.84. The van der Waals surface area contributed by atoms with Gasteiger partial charge < -0.3 is 20.6 Å². The molecular formula is C10H9N3O6. The van der Waals surface area contributed by atoms with Gasteiger partial charge in [-0.05, 0) is 0 Å². The van der Waals surface area contributed by atoms with Crippen LogP contribution in [0.5, 0.6) is 11.6 Å². The fourth-order valence-corrected chi connectivity index (χ4v) is 1.83. The van der Waals surface area contributed by atoms with Crippen LogP contribution in [-0.4, -0.2) is 34.9 Å². The lowest BCUT2D eigenvalue weighted by atomic mass is 9.93. The molecule has 5 N–H and O–H groups in total. The summed E-state index contributed by atoms with van der Waals surface area (Å²) in [5, 5.41) is 11.3. The second kappa shape index (κ2) is 4.12. The van der Waals surface area contributed by atoms with Gasteiger partial charge >= 0.3 is 0 Å². The maximum Gasteiger partial charge on any atom is 0.263 e. The molecule has 1 atom stereocenters.